The first-order chi connectivity index (χ1) is 13.3. The number of carbonyl (C=O) groups is 1. The molecule has 0 aliphatic heterocycles. The fraction of sp³-hybridized carbons (Fsp3) is 0.318. The minimum atomic E-state index is -0.127. The number of carbonyl (C=O) groups excluding carboxylic acids is 1. The molecule has 0 saturated heterocycles. The van der Waals surface area contributed by atoms with Crippen LogP contribution < -0.4 is 5.32 Å². The van der Waals surface area contributed by atoms with E-state index < -0.39 is 0 Å². The van der Waals surface area contributed by atoms with Crippen molar-refractivity contribution in [2.45, 2.75) is 44.2 Å². The quantitative estimate of drug-likeness (QED) is 0.753. The van der Waals surface area contributed by atoms with Gasteiger partial charge in [0.1, 0.15) is 0 Å². The third kappa shape index (κ3) is 4.42. The summed E-state index contributed by atoms with van der Waals surface area (Å²) < 4.78 is 1.70. The number of rotatable bonds is 5. The molecule has 1 aliphatic carbocycles. The molecule has 1 amide bonds. The average molecular weight is 360 g/mol. The fourth-order valence-electron chi connectivity index (χ4n) is 3.81. The van der Waals surface area contributed by atoms with Gasteiger partial charge in [0.2, 0.25) is 0 Å². The normalized spacial score (nSPS) is 19.6. The maximum atomic E-state index is 12.5. The van der Waals surface area contributed by atoms with Crippen molar-refractivity contribution >= 4 is 5.91 Å². The summed E-state index contributed by atoms with van der Waals surface area (Å²) in [5, 5.41) is 11.3. The maximum absolute atomic E-state index is 12.5. The van der Waals surface area contributed by atoms with E-state index in [1.165, 1.54) is 5.56 Å². The van der Waals surface area contributed by atoms with Crippen LogP contribution in [0.5, 0.6) is 0 Å². The van der Waals surface area contributed by atoms with Gasteiger partial charge >= 0.3 is 0 Å². The Morgan fingerprint density at radius 1 is 0.963 bits per heavy atom. The number of benzene rings is 2. The number of nitrogens with one attached hydrogen (secondary N) is 1. The molecule has 0 spiro atoms. The van der Waals surface area contributed by atoms with Crippen molar-refractivity contribution in [2.24, 2.45) is 0 Å². The SMILES string of the molecule is O=C(NC1CCC(c2ccccc2)CC1)c1cn(Cc2ccccc2)nn1. The van der Waals surface area contributed by atoms with E-state index in [0.717, 1.165) is 31.2 Å². The molecular formula is C22H24N4O. The fourth-order valence-corrected chi connectivity index (χ4v) is 3.81. The van der Waals surface area contributed by atoms with Crippen molar-refractivity contribution in [3.05, 3.63) is 83.7 Å². The molecule has 0 unspecified atom stereocenters. The molecule has 0 radical (unpaired) electrons. The van der Waals surface area contributed by atoms with E-state index >= 15 is 0 Å². The zero-order valence-electron chi connectivity index (χ0n) is 15.3. The molecule has 27 heavy (non-hydrogen) atoms. The maximum Gasteiger partial charge on any atom is 0.273 e. The highest BCUT2D eigenvalue weighted by molar-refractivity contribution is 5.92. The van der Waals surface area contributed by atoms with Gasteiger partial charge in [-0.3, -0.25) is 4.79 Å². The molecule has 1 heterocycles. The third-order valence-electron chi connectivity index (χ3n) is 5.29. The monoisotopic (exact) mass is 360 g/mol. The Bertz CT molecular complexity index is 868. The zero-order valence-corrected chi connectivity index (χ0v) is 15.3. The molecule has 1 aromatic heterocycles. The number of hydrogen-bond donors (Lipinski definition) is 1. The van der Waals surface area contributed by atoms with Crippen LogP contribution in [0.25, 0.3) is 0 Å². The van der Waals surface area contributed by atoms with Crippen molar-refractivity contribution in [3.8, 4) is 0 Å². The van der Waals surface area contributed by atoms with Gasteiger partial charge in [0.15, 0.2) is 5.69 Å². The van der Waals surface area contributed by atoms with Crippen LogP contribution in [0.15, 0.2) is 66.9 Å². The molecule has 1 fully saturated rings. The molecule has 1 N–H and O–H groups in total. The van der Waals surface area contributed by atoms with Crippen LogP contribution >= 0.6 is 0 Å². The summed E-state index contributed by atoms with van der Waals surface area (Å²) in [5.41, 5.74) is 2.93. The van der Waals surface area contributed by atoms with E-state index in [0.29, 0.717) is 18.2 Å². The molecule has 0 bridgehead atoms. The Morgan fingerprint density at radius 2 is 1.63 bits per heavy atom. The summed E-state index contributed by atoms with van der Waals surface area (Å²) in [4.78, 5) is 12.5. The summed E-state index contributed by atoms with van der Waals surface area (Å²) in [6.45, 7) is 0.614. The second-order valence-electron chi connectivity index (χ2n) is 7.22. The first kappa shape index (κ1) is 17.5. The second-order valence-corrected chi connectivity index (χ2v) is 7.22. The largest absolute Gasteiger partial charge is 0.348 e. The van der Waals surface area contributed by atoms with Crippen molar-refractivity contribution in [3.63, 3.8) is 0 Å². The minimum absolute atomic E-state index is 0.127. The molecule has 0 atom stereocenters. The predicted molar refractivity (Wildman–Crippen MR) is 104 cm³/mol. The lowest BCUT2D eigenvalue weighted by atomic mass is 9.82. The Morgan fingerprint density at radius 3 is 2.33 bits per heavy atom. The van der Waals surface area contributed by atoms with E-state index in [2.05, 4.69) is 46.0 Å². The van der Waals surface area contributed by atoms with Gasteiger partial charge in [0, 0.05) is 6.04 Å². The van der Waals surface area contributed by atoms with E-state index in [1.54, 1.807) is 10.9 Å². The van der Waals surface area contributed by atoms with Gasteiger partial charge in [-0.2, -0.15) is 0 Å². The van der Waals surface area contributed by atoms with Crippen LogP contribution in [0.2, 0.25) is 0 Å². The lowest BCUT2D eigenvalue weighted by Crippen LogP contribution is -2.37. The molecule has 138 valence electrons. The van der Waals surface area contributed by atoms with Crippen LogP contribution in [0.4, 0.5) is 0 Å². The van der Waals surface area contributed by atoms with Gasteiger partial charge in [0.25, 0.3) is 5.91 Å². The summed E-state index contributed by atoms with van der Waals surface area (Å²) >= 11 is 0. The van der Waals surface area contributed by atoms with E-state index in [-0.39, 0.29) is 11.9 Å². The number of hydrogen-bond acceptors (Lipinski definition) is 3. The molecule has 3 aromatic rings. The number of aromatic nitrogens is 3. The van der Waals surface area contributed by atoms with E-state index in [4.69, 9.17) is 0 Å². The Labute approximate surface area is 159 Å². The lowest BCUT2D eigenvalue weighted by molar-refractivity contribution is 0.0920. The molecule has 2 aromatic carbocycles. The summed E-state index contributed by atoms with van der Waals surface area (Å²) in [5.74, 6) is 0.476. The Balaban J connectivity index is 1.30. The van der Waals surface area contributed by atoms with Gasteiger partial charge in [-0.05, 0) is 42.7 Å². The van der Waals surface area contributed by atoms with Gasteiger partial charge in [-0.25, -0.2) is 4.68 Å². The standard InChI is InChI=1S/C22H24N4O/c27-22(21-16-26(25-24-21)15-17-7-3-1-4-8-17)23-20-13-11-19(12-14-20)18-9-5-2-6-10-18/h1-10,16,19-20H,11-15H2,(H,23,27). The first-order valence-electron chi connectivity index (χ1n) is 9.58. The molecule has 4 rings (SSSR count). The highest BCUT2D eigenvalue weighted by Crippen LogP contribution is 2.32. The summed E-state index contributed by atoms with van der Waals surface area (Å²) in [6.07, 6.45) is 5.94. The minimum Gasteiger partial charge on any atom is -0.348 e. The van der Waals surface area contributed by atoms with Crippen molar-refractivity contribution < 1.29 is 4.79 Å². The zero-order chi connectivity index (χ0) is 18.5. The number of amides is 1. The highest BCUT2D eigenvalue weighted by atomic mass is 16.2. The van der Waals surface area contributed by atoms with Crippen LogP contribution in [0.3, 0.4) is 0 Å². The smallest absolute Gasteiger partial charge is 0.273 e. The summed E-state index contributed by atoms with van der Waals surface area (Å²) in [6, 6.07) is 20.9. The van der Waals surface area contributed by atoms with E-state index in [9.17, 15) is 4.79 Å². The molecule has 5 nitrogen and oxygen atoms in total. The third-order valence-corrected chi connectivity index (χ3v) is 5.29. The molecule has 1 saturated carbocycles. The predicted octanol–water partition coefficient (Wildman–Crippen LogP) is 3.78. The van der Waals surface area contributed by atoms with Crippen LogP contribution in [0, 0.1) is 0 Å². The van der Waals surface area contributed by atoms with Gasteiger partial charge in [0.05, 0.1) is 12.7 Å². The Hall–Kier alpha value is -2.95. The van der Waals surface area contributed by atoms with Crippen molar-refractivity contribution in [2.75, 3.05) is 0 Å². The van der Waals surface area contributed by atoms with Gasteiger partial charge in [-0.1, -0.05) is 65.9 Å². The van der Waals surface area contributed by atoms with E-state index in [1.807, 2.05) is 30.3 Å². The molecule has 1 aliphatic rings. The molecule has 5 heteroatoms. The van der Waals surface area contributed by atoms with Gasteiger partial charge in [-0.15, -0.1) is 5.10 Å². The number of nitrogens with zero attached hydrogens (tertiary/aromatic N) is 3. The first-order valence-corrected chi connectivity index (χ1v) is 9.58. The topological polar surface area (TPSA) is 59.8 Å². The molecular weight excluding hydrogens is 336 g/mol. The van der Waals surface area contributed by atoms with Crippen LogP contribution in [-0.2, 0) is 6.54 Å². The second kappa shape index (κ2) is 8.16. The lowest BCUT2D eigenvalue weighted by Gasteiger charge is -2.29. The van der Waals surface area contributed by atoms with Crippen molar-refractivity contribution in [1.82, 2.24) is 20.3 Å². The van der Waals surface area contributed by atoms with Crippen LogP contribution in [0.1, 0.15) is 53.2 Å². The highest BCUT2D eigenvalue weighted by Gasteiger charge is 2.24. The Kier molecular flexibility index (Phi) is 5.28. The van der Waals surface area contributed by atoms with Gasteiger partial charge < -0.3 is 5.32 Å². The average Bonchev–Trinajstić information content (AvgIpc) is 3.19. The summed E-state index contributed by atoms with van der Waals surface area (Å²) in [7, 11) is 0. The van der Waals surface area contributed by atoms with Crippen molar-refractivity contribution in [1.29, 1.82) is 0 Å². The van der Waals surface area contributed by atoms with Crippen LogP contribution in [-0.4, -0.2) is 26.9 Å².